The normalized spacial score (nSPS) is 10.1. The molecule has 0 amide bonds. The van der Waals surface area contributed by atoms with Crippen molar-refractivity contribution in [2.24, 2.45) is 0 Å². The molecule has 0 spiro atoms. The van der Waals surface area contributed by atoms with Gasteiger partial charge in [0.1, 0.15) is 12.4 Å². The Morgan fingerprint density at radius 3 is 2.67 bits per heavy atom. The molecule has 0 aliphatic carbocycles. The predicted octanol–water partition coefficient (Wildman–Crippen LogP) is 2.28. The zero-order valence-electron chi connectivity index (χ0n) is 9.43. The highest BCUT2D eigenvalue weighted by molar-refractivity contribution is 6.30. The fourth-order valence-electron chi connectivity index (χ4n) is 1.51. The summed E-state index contributed by atoms with van der Waals surface area (Å²) in [5, 5.41) is 11.3. The number of carboxylic acid groups (broad SMARTS) is 1. The molecule has 0 aliphatic heterocycles. The molecule has 0 fully saturated rings. The number of rotatable bonds is 4. The molecule has 0 radical (unpaired) electrons. The minimum Gasteiger partial charge on any atom is -0.545 e. The van der Waals surface area contributed by atoms with Crippen molar-refractivity contribution in [3.05, 3.63) is 64.7 Å². The Balaban J connectivity index is 2.06. The van der Waals surface area contributed by atoms with Crippen molar-refractivity contribution < 1.29 is 14.6 Å². The Labute approximate surface area is 110 Å². The number of ether oxygens (including phenoxy) is 1. The molecule has 4 heteroatoms. The van der Waals surface area contributed by atoms with Crippen molar-refractivity contribution in [1.82, 2.24) is 0 Å². The van der Waals surface area contributed by atoms with Crippen LogP contribution < -0.4 is 9.84 Å². The van der Waals surface area contributed by atoms with E-state index < -0.39 is 5.97 Å². The van der Waals surface area contributed by atoms with E-state index in [0.717, 1.165) is 5.56 Å². The molecule has 0 unspecified atom stereocenters. The number of carboxylic acids is 1. The van der Waals surface area contributed by atoms with Gasteiger partial charge in [-0.1, -0.05) is 35.9 Å². The molecule has 0 heterocycles. The van der Waals surface area contributed by atoms with Gasteiger partial charge in [0.15, 0.2) is 0 Å². The minimum absolute atomic E-state index is 0.141. The molecule has 0 saturated heterocycles. The third kappa shape index (κ3) is 3.25. The number of halogens is 1. The molecular weight excluding hydrogens is 252 g/mol. The van der Waals surface area contributed by atoms with Crippen molar-refractivity contribution in [3.63, 3.8) is 0 Å². The van der Waals surface area contributed by atoms with Crippen molar-refractivity contribution >= 4 is 17.6 Å². The highest BCUT2D eigenvalue weighted by Crippen LogP contribution is 2.18. The number of carbonyl (C=O) groups excluding carboxylic acids is 1. The van der Waals surface area contributed by atoms with Gasteiger partial charge >= 0.3 is 0 Å². The first-order chi connectivity index (χ1) is 8.65. The minimum atomic E-state index is -1.19. The maximum absolute atomic E-state index is 10.7. The number of hydrogen-bond acceptors (Lipinski definition) is 3. The first-order valence-corrected chi connectivity index (χ1v) is 5.71. The van der Waals surface area contributed by atoms with Crippen LogP contribution >= 0.6 is 11.6 Å². The van der Waals surface area contributed by atoms with E-state index in [-0.39, 0.29) is 12.2 Å². The smallest absolute Gasteiger partial charge is 0.121 e. The summed E-state index contributed by atoms with van der Waals surface area (Å²) in [6.45, 7) is 0.279. The van der Waals surface area contributed by atoms with Crippen LogP contribution in [0.1, 0.15) is 15.9 Å². The molecule has 0 saturated carbocycles. The van der Waals surface area contributed by atoms with Gasteiger partial charge in [-0.15, -0.1) is 0 Å². The van der Waals surface area contributed by atoms with E-state index in [9.17, 15) is 9.90 Å². The van der Waals surface area contributed by atoms with Crippen LogP contribution in [0.15, 0.2) is 48.5 Å². The summed E-state index contributed by atoms with van der Waals surface area (Å²) in [6, 6.07) is 13.5. The highest BCUT2D eigenvalue weighted by atomic mass is 35.5. The van der Waals surface area contributed by atoms with E-state index in [1.165, 1.54) is 12.1 Å². The SMILES string of the molecule is O=C([O-])c1cccc(COc2cccc(Cl)c2)c1. The zero-order chi connectivity index (χ0) is 13.0. The second-order valence-electron chi connectivity index (χ2n) is 3.73. The molecule has 0 bridgehead atoms. The monoisotopic (exact) mass is 261 g/mol. The van der Waals surface area contributed by atoms with Crippen molar-refractivity contribution in [2.45, 2.75) is 6.61 Å². The number of aromatic carboxylic acids is 1. The second kappa shape index (κ2) is 5.56. The molecule has 0 atom stereocenters. The van der Waals surface area contributed by atoms with Crippen LogP contribution in [0.5, 0.6) is 5.75 Å². The van der Waals surface area contributed by atoms with E-state index in [2.05, 4.69) is 0 Å². The summed E-state index contributed by atoms with van der Waals surface area (Å²) in [5.41, 5.74) is 0.902. The van der Waals surface area contributed by atoms with Crippen molar-refractivity contribution in [1.29, 1.82) is 0 Å². The lowest BCUT2D eigenvalue weighted by atomic mass is 10.1. The van der Waals surface area contributed by atoms with Crippen LogP contribution in [0, 0.1) is 0 Å². The number of hydrogen-bond donors (Lipinski definition) is 0. The molecule has 3 nitrogen and oxygen atoms in total. The first-order valence-electron chi connectivity index (χ1n) is 5.34. The molecule has 2 rings (SSSR count). The maximum atomic E-state index is 10.7. The molecule has 0 N–H and O–H groups in total. The van der Waals surface area contributed by atoms with Gasteiger partial charge in [0.05, 0.1) is 5.97 Å². The summed E-state index contributed by atoms with van der Waals surface area (Å²) < 4.78 is 5.51. The first kappa shape index (κ1) is 12.5. The van der Waals surface area contributed by atoms with E-state index >= 15 is 0 Å². The molecule has 2 aromatic rings. The Kier molecular flexibility index (Phi) is 3.85. The Morgan fingerprint density at radius 1 is 1.17 bits per heavy atom. The van der Waals surface area contributed by atoms with E-state index in [1.807, 2.05) is 0 Å². The van der Waals surface area contributed by atoms with Crippen molar-refractivity contribution in [3.8, 4) is 5.75 Å². The number of benzene rings is 2. The molecule has 2 aromatic carbocycles. The zero-order valence-corrected chi connectivity index (χ0v) is 10.2. The quantitative estimate of drug-likeness (QED) is 0.848. The van der Waals surface area contributed by atoms with Gasteiger partial charge in [-0.05, 0) is 35.4 Å². The van der Waals surface area contributed by atoms with Gasteiger partial charge in [-0.3, -0.25) is 0 Å². The lowest BCUT2D eigenvalue weighted by Crippen LogP contribution is -2.22. The molecule has 0 aromatic heterocycles. The number of carbonyl (C=O) groups is 1. The maximum Gasteiger partial charge on any atom is 0.121 e. The Bertz CT molecular complexity index is 566. The molecule has 0 aliphatic rings. The largest absolute Gasteiger partial charge is 0.545 e. The van der Waals surface area contributed by atoms with E-state index in [4.69, 9.17) is 16.3 Å². The van der Waals surface area contributed by atoms with Crippen LogP contribution in [-0.4, -0.2) is 5.97 Å². The van der Waals surface area contributed by atoms with Gasteiger partial charge in [0, 0.05) is 5.02 Å². The Hall–Kier alpha value is -2.00. The third-order valence-electron chi connectivity index (χ3n) is 2.36. The fourth-order valence-corrected chi connectivity index (χ4v) is 1.69. The summed E-state index contributed by atoms with van der Waals surface area (Å²) in [4.78, 5) is 10.7. The summed E-state index contributed by atoms with van der Waals surface area (Å²) in [6.07, 6.45) is 0. The standard InChI is InChI=1S/C14H11ClO3/c15-12-5-2-6-13(8-12)18-9-10-3-1-4-11(7-10)14(16)17/h1-8H,9H2,(H,16,17)/p-1. The van der Waals surface area contributed by atoms with Crippen LogP contribution in [0.3, 0.4) is 0 Å². The average molecular weight is 262 g/mol. The molecule has 92 valence electrons. The van der Waals surface area contributed by atoms with Crippen LogP contribution in [0.4, 0.5) is 0 Å². The van der Waals surface area contributed by atoms with E-state index in [1.54, 1.807) is 36.4 Å². The predicted molar refractivity (Wildman–Crippen MR) is 66.6 cm³/mol. The van der Waals surface area contributed by atoms with Crippen LogP contribution in [-0.2, 0) is 6.61 Å². The molecular formula is C14H10ClO3-. The summed E-state index contributed by atoms with van der Waals surface area (Å²) in [5.74, 6) is -0.555. The molecule has 18 heavy (non-hydrogen) atoms. The van der Waals surface area contributed by atoms with Gasteiger partial charge in [-0.25, -0.2) is 0 Å². The fraction of sp³-hybridized carbons (Fsp3) is 0.0714. The Morgan fingerprint density at radius 2 is 1.94 bits per heavy atom. The van der Waals surface area contributed by atoms with Crippen LogP contribution in [0.25, 0.3) is 0 Å². The second-order valence-corrected chi connectivity index (χ2v) is 4.17. The van der Waals surface area contributed by atoms with Gasteiger partial charge in [0.2, 0.25) is 0 Å². The van der Waals surface area contributed by atoms with Crippen molar-refractivity contribution in [2.75, 3.05) is 0 Å². The van der Waals surface area contributed by atoms with Gasteiger partial charge < -0.3 is 14.6 Å². The topological polar surface area (TPSA) is 49.4 Å². The van der Waals surface area contributed by atoms with Gasteiger partial charge in [-0.2, -0.15) is 0 Å². The summed E-state index contributed by atoms with van der Waals surface area (Å²) >= 11 is 5.83. The van der Waals surface area contributed by atoms with Gasteiger partial charge in [0.25, 0.3) is 0 Å². The third-order valence-corrected chi connectivity index (χ3v) is 2.60. The lowest BCUT2D eigenvalue weighted by Gasteiger charge is -2.08. The lowest BCUT2D eigenvalue weighted by molar-refractivity contribution is -0.255. The summed E-state index contributed by atoms with van der Waals surface area (Å²) in [7, 11) is 0. The average Bonchev–Trinajstić information content (AvgIpc) is 2.37. The van der Waals surface area contributed by atoms with Crippen LogP contribution in [0.2, 0.25) is 5.02 Å². The van der Waals surface area contributed by atoms with E-state index in [0.29, 0.717) is 10.8 Å². The highest BCUT2D eigenvalue weighted by Gasteiger charge is 1.99.